The van der Waals surface area contributed by atoms with E-state index in [0.717, 1.165) is 0 Å². The van der Waals surface area contributed by atoms with Gasteiger partial charge in [0.2, 0.25) is 0 Å². The van der Waals surface area contributed by atoms with Gasteiger partial charge in [0.25, 0.3) is 11.5 Å². The molecule has 4 aromatic rings. The fraction of sp³-hybridized carbons (Fsp3) is 0.0870. The van der Waals surface area contributed by atoms with E-state index in [2.05, 4.69) is 20.3 Å². The highest BCUT2D eigenvalue weighted by atomic mass is 19.1. The molecule has 0 aliphatic rings. The van der Waals surface area contributed by atoms with Crippen molar-refractivity contribution in [3.63, 3.8) is 0 Å². The number of aromatic amines is 1. The summed E-state index contributed by atoms with van der Waals surface area (Å²) >= 11 is 0. The third-order valence-electron chi connectivity index (χ3n) is 4.84. The lowest BCUT2D eigenvalue weighted by molar-refractivity contribution is 0.0938. The maximum atomic E-state index is 13.1. The number of amides is 1. The molecule has 0 aliphatic carbocycles. The van der Waals surface area contributed by atoms with E-state index in [1.54, 1.807) is 43.5 Å². The minimum Gasteiger partial charge on any atom is -0.345 e. The van der Waals surface area contributed by atoms with Crippen molar-refractivity contribution in [3.8, 4) is 17.3 Å². The second-order valence-electron chi connectivity index (χ2n) is 6.96. The van der Waals surface area contributed by atoms with Gasteiger partial charge in [0.15, 0.2) is 0 Å². The lowest BCUT2D eigenvalue weighted by Gasteiger charge is -2.14. The van der Waals surface area contributed by atoms with Crippen LogP contribution in [-0.2, 0) is 0 Å². The molecule has 0 saturated heterocycles. The van der Waals surface area contributed by atoms with Crippen LogP contribution < -0.4 is 10.9 Å². The molecule has 1 unspecified atom stereocenters. The fourth-order valence-corrected chi connectivity index (χ4v) is 3.14. The number of nitrogens with zero attached hydrogens (tertiary/aromatic N) is 3. The molecular weight excluding hydrogens is 397 g/mol. The normalized spacial score (nSPS) is 11.6. The topological polar surface area (TPSA) is 112 Å². The lowest BCUT2D eigenvalue weighted by atomic mass is 10.1. The molecule has 1 amide bonds. The molecule has 0 spiro atoms. The van der Waals surface area contributed by atoms with Crippen molar-refractivity contribution < 1.29 is 9.18 Å². The Labute approximate surface area is 176 Å². The summed E-state index contributed by atoms with van der Waals surface area (Å²) in [6.45, 7) is 1.75. The number of fused-ring (bicyclic) bond motifs is 1. The first-order valence-corrected chi connectivity index (χ1v) is 9.40. The molecule has 2 N–H and O–H groups in total. The van der Waals surface area contributed by atoms with Gasteiger partial charge in [-0.2, -0.15) is 5.26 Å². The molecule has 3 aromatic heterocycles. The molecule has 3 heterocycles. The van der Waals surface area contributed by atoms with Crippen molar-refractivity contribution in [2.75, 3.05) is 0 Å². The fourth-order valence-electron chi connectivity index (χ4n) is 3.14. The summed E-state index contributed by atoms with van der Waals surface area (Å²) in [6, 6.07) is 13.9. The number of pyridine rings is 3. The number of halogens is 1. The Kier molecular flexibility index (Phi) is 5.24. The van der Waals surface area contributed by atoms with Gasteiger partial charge in [0.05, 0.1) is 17.3 Å². The summed E-state index contributed by atoms with van der Waals surface area (Å²) in [4.78, 5) is 36.2. The van der Waals surface area contributed by atoms with Crippen LogP contribution in [-0.4, -0.2) is 20.9 Å². The Morgan fingerprint density at radius 2 is 1.90 bits per heavy atom. The number of rotatable bonds is 4. The Morgan fingerprint density at radius 1 is 1.13 bits per heavy atom. The minimum atomic E-state index is -0.562. The standard InChI is InChI=1S/C23H16FN5O2/c1-13(15-3-5-18(24)6-4-15)28-22(30)19-9-16-8-17(12-27-21(16)29-23(19)31)20-7-2-14(10-25)11-26-20/h2-9,11-13H,1H3,(H,28,30)(H,27,29,31). The maximum absolute atomic E-state index is 13.1. The number of carbonyl (C=O) groups excluding carboxylic acids is 1. The molecule has 0 bridgehead atoms. The van der Waals surface area contributed by atoms with Gasteiger partial charge < -0.3 is 10.3 Å². The van der Waals surface area contributed by atoms with Gasteiger partial charge in [-0.3, -0.25) is 14.6 Å². The van der Waals surface area contributed by atoms with Gasteiger partial charge in [0, 0.05) is 23.3 Å². The maximum Gasteiger partial charge on any atom is 0.262 e. The second kappa shape index (κ2) is 8.16. The third kappa shape index (κ3) is 4.16. The number of aromatic nitrogens is 3. The summed E-state index contributed by atoms with van der Waals surface area (Å²) in [5.41, 5.74) is 2.15. The van der Waals surface area contributed by atoms with Gasteiger partial charge in [-0.1, -0.05) is 12.1 Å². The van der Waals surface area contributed by atoms with Crippen LogP contribution in [0.4, 0.5) is 4.39 Å². The minimum absolute atomic E-state index is 0.0619. The Bertz CT molecular complexity index is 1370. The quantitative estimate of drug-likeness (QED) is 0.532. The molecule has 4 rings (SSSR count). The number of nitriles is 1. The first kappa shape index (κ1) is 19.9. The highest BCUT2D eigenvalue weighted by Gasteiger charge is 2.16. The predicted molar refractivity (Wildman–Crippen MR) is 113 cm³/mol. The van der Waals surface area contributed by atoms with E-state index >= 15 is 0 Å². The Morgan fingerprint density at radius 3 is 2.58 bits per heavy atom. The molecule has 152 valence electrons. The summed E-state index contributed by atoms with van der Waals surface area (Å²) in [5.74, 6) is -0.921. The van der Waals surface area contributed by atoms with Gasteiger partial charge in [0.1, 0.15) is 23.1 Å². The number of hydrogen-bond donors (Lipinski definition) is 2. The molecule has 0 radical (unpaired) electrons. The summed E-state index contributed by atoms with van der Waals surface area (Å²) in [6.07, 6.45) is 3.02. The van der Waals surface area contributed by atoms with Crippen molar-refractivity contribution in [3.05, 3.63) is 93.8 Å². The van der Waals surface area contributed by atoms with E-state index in [0.29, 0.717) is 33.4 Å². The van der Waals surface area contributed by atoms with E-state index < -0.39 is 17.5 Å². The zero-order valence-corrected chi connectivity index (χ0v) is 16.4. The number of carbonyl (C=O) groups is 1. The largest absolute Gasteiger partial charge is 0.345 e. The third-order valence-corrected chi connectivity index (χ3v) is 4.84. The molecule has 0 aliphatic heterocycles. The van der Waals surface area contributed by atoms with Crippen LogP contribution in [0.25, 0.3) is 22.3 Å². The monoisotopic (exact) mass is 413 g/mol. The zero-order chi connectivity index (χ0) is 22.0. The molecule has 8 heteroatoms. The van der Waals surface area contributed by atoms with Crippen molar-refractivity contribution in [2.24, 2.45) is 0 Å². The molecule has 31 heavy (non-hydrogen) atoms. The average Bonchev–Trinajstić information content (AvgIpc) is 2.78. The molecule has 1 aromatic carbocycles. The van der Waals surface area contributed by atoms with Crippen LogP contribution in [0.3, 0.4) is 0 Å². The van der Waals surface area contributed by atoms with E-state index in [1.165, 1.54) is 24.4 Å². The highest BCUT2D eigenvalue weighted by molar-refractivity contribution is 5.97. The summed E-state index contributed by atoms with van der Waals surface area (Å²) < 4.78 is 13.1. The predicted octanol–water partition coefficient (Wildman–Crippen LogP) is 3.49. The first-order chi connectivity index (χ1) is 14.9. The van der Waals surface area contributed by atoms with Crippen molar-refractivity contribution in [1.82, 2.24) is 20.3 Å². The van der Waals surface area contributed by atoms with Crippen molar-refractivity contribution in [2.45, 2.75) is 13.0 Å². The number of benzene rings is 1. The van der Waals surface area contributed by atoms with E-state index in [-0.39, 0.29) is 11.4 Å². The van der Waals surface area contributed by atoms with E-state index in [4.69, 9.17) is 5.26 Å². The van der Waals surface area contributed by atoms with E-state index in [1.807, 2.05) is 6.07 Å². The van der Waals surface area contributed by atoms with Crippen LogP contribution >= 0.6 is 0 Å². The Balaban J connectivity index is 1.64. The smallest absolute Gasteiger partial charge is 0.262 e. The Hall–Kier alpha value is -4.38. The van der Waals surface area contributed by atoms with Crippen LogP contribution in [0.2, 0.25) is 0 Å². The molecule has 0 saturated carbocycles. The highest BCUT2D eigenvalue weighted by Crippen LogP contribution is 2.21. The molecule has 1 atom stereocenters. The molecular formula is C23H16FN5O2. The SMILES string of the molecule is CC(NC(=O)c1cc2cc(-c3ccc(C#N)cn3)cnc2[nH]c1=O)c1ccc(F)cc1. The summed E-state index contributed by atoms with van der Waals surface area (Å²) in [5, 5.41) is 12.2. The van der Waals surface area contributed by atoms with Crippen molar-refractivity contribution in [1.29, 1.82) is 5.26 Å². The van der Waals surface area contributed by atoms with Crippen LogP contribution in [0.5, 0.6) is 0 Å². The zero-order valence-electron chi connectivity index (χ0n) is 16.4. The van der Waals surface area contributed by atoms with Crippen LogP contribution in [0.1, 0.15) is 34.5 Å². The van der Waals surface area contributed by atoms with Crippen LogP contribution in [0.15, 0.2) is 65.7 Å². The van der Waals surface area contributed by atoms with Gasteiger partial charge in [-0.05, 0) is 48.9 Å². The van der Waals surface area contributed by atoms with Gasteiger partial charge in [-0.15, -0.1) is 0 Å². The molecule has 7 nitrogen and oxygen atoms in total. The number of H-pyrrole nitrogens is 1. The first-order valence-electron chi connectivity index (χ1n) is 9.40. The van der Waals surface area contributed by atoms with Crippen LogP contribution in [0, 0.1) is 17.1 Å². The second-order valence-corrected chi connectivity index (χ2v) is 6.96. The average molecular weight is 413 g/mol. The van der Waals surface area contributed by atoms with Gasteiger partial charge >= 0.3 is 0 Å². The molecule has 0 fully saturated rings. The summed E-state index contributed by atoms with van der Waals surface area (Å²) in [7, 11) is 0. The number of nitrogens with one attached hydrogen (secondary N) is 2. The van der Waals surface area contributed by atoms with Gasteiger partial charge in [-0.25, -0.2) is 9.37 Å². The van der Waals surface area contributed by atoms with Crippen molar-refractivity contribution >= 4 is 16.9 Å². The number of hydrogen-bond acceptors (Lipinski definition) is 5. The lowest BCUT2D eigenvalue weighted by Crippen LogP contribution is -2.31. The van der Waals surface area contributed by atoms with E-state index in [9.17, 15) is 14.0 Å².